The third-order valence-corrected chi connectivity index (χ3v) is 4.38. The average molecular weight is 331 g/mol. The van der Waals surface area contributed by atoms with Crippen LogP contribution in [0.3, 0.4) is 0 Å². The van der Waals surface area contributed by atoms with Crippen molar-refractivity contribution in [1.82, 2.24) is 19.1 Å². The van der Waals surface area contributed by atoms with Crippen molar-refractivity contribution in [2.75, 3.05) is 0 Å². The van der Waals surface area contributed by atoms with Crippen LogP contribution in [-0.2, 0) is 13.1 Å². The van der Waals surface area contributed by atoms with Crippen LogP contribution in [0.4, 0.5) is 5.95 Å². The normalized spacial score (nSPS) is 11.9. The summed E-state index contributed by atoms with van der Waals surface area (Å²) in [6.45, 7) is 6.04. The fraction of sp³-hybridized carbons (Fsp3) is 0.250. The minimum absolute atomic E-state index is 0.734. The van der Waals surface area contributed by atoms with Gasteiger partial charge >= 0.3 is 0 Å². The molecule has 0 amide bonds. The van der Waals surface area contributed by atoms with Crippen molar-refractivity contribution in [3.05, 3.63) is 54.4 Å². The summed E-state index contributed by atoms with van der Waals surface area (Å²) in [7, 11) is 0. The quantitative estimate of drug-likeness (QED) is 0.503. The van der Waals surface area contributed by atoms with E-state index in [2.05, 4.69) is 45.1 Å². The Bertz CT molecular complexity index is 1050. The van der Waals surface area contributed by atoms with E-state index in [4.69, 9.17) is 4.98 Å². The van der Waals surface area contributed by atoms with E-state index in [0.717, 1.165) is 53.3 Å². The molecule has 0 radical (unpaired) electrons. The molecule has 0 aliphatic carbocycles. The first-order chi connectivity index (χ1) is 12.3. The van der Waals surface area contributed by atoms with Gasteiger partial charge in [-0.3, -0.25) is 0 Å². The van der Waals surface area contributed by atoms with Crippen molar-refractivity contribution in [3.63, 3.8) is 0 Å². The molecule has 0 atom stereocenters. The molecule has 4 rings (SSSR count). The lowest BCUT2D eigenvalue weighted by Crippen LogP contribution is -2.01. The van der Waals surface area contributed by atoms with Gasteiger partial charge in [-0.15, -0.1) is 0 Å². The first-order valence-electron chi connectivity index (χ1n) is 8.76. The van der Waals surface area contributed by atoms with Gasteiger partial charge < -0.3 is 9.13 Å². The van der Waals surface area contributed by atoms with Crippen molar-refractivity contribution in [1.29, 1.82) is 0 Å². The Morgan fingerprint density at radius 3 is 2.20 bits per heavy atom. The first-order valence-corrected chi connectivity index (χ1v) is 8.76. The van der Waals surface area contributed by atoms with E-state index in [0.29, 0.717) is 0 Å². The number of rotatable bonds is 5. The number of aromatic nitrogens is 4. The predicted octanol–water partition coefficient (Wildman–Crippen LogP) is 4.57. The van der Waals surface area contributed by atoms with Crippen LogP contribution < -0.4 is 0 Å². The van der Waals surface area contributed by atoms with Gasteiger partial charge in [-0.25, -0.2) is 15.0 Å². The molecular formula is C20H21N5. The fourth-order valence-corrected chi connectivity index (χ4v) is 3.25. The van der Waals surface area contributed by atoms with Crippen LogP contribution in [-0.4, -0.2) is 25.3 Å². The van der Waals surface area contributed by atoms with Crippen LogP contribution in [0.15, 0.2) is 53.5 Å². The number of hydrogen-bond donors (Lipinski definition) is 0. The third-order valence-electron chi connectivity index (χ3n) is 4.38. The lowest BCUT2D eigenvalue weighted by Gasteiger charge is -2.04. The Morgan fingerprint density at radius 2 is 1.52 bits per heavy atom. The second-order valence-corrected chi connectivity index (χ2v) is 6.01. The zero-order valence-electron chi connectivity index (χ0n) is 14.6. The first kappa shape index (κ1) is 15.6. The second-order valence-electron chi connectivity index (χ2n) is 6.01. The fourth-order valence-electron chi connectivity index (χ4n) is 3.25. The largest absolute Gasteiger partial charge is 0.323 e. The molecular weight excluding hydrogens is 310 g/mol. The summed E-state index contributed by atoms with van der Waals surface area (Å²) in [5, 5.41) is 0. The molecule has 5 heteroatoms. The smallest absolute Gasteiger partial charge is 0.230 e. The highest BCUT2D eigenvalue weighted by molar-refractivity contribution is 5.86. The number of fused-ring (bicyclic) bond motifs is 2. The number of nitrogens with zero attached hydrogens (tertiary/aromatic N) is 5. The summed E-state index contributed by atoms with van der Waals surface area (Å²) in [6, 6.07) is 16.4. The summed E-state index contributed by atoms with van der Waals surface area (Å²) in [5.74, 6) is 1.59. The van der Waals surface area contributed by atoms with Gasteiger partial charge in [0, 0.05) is 13.1 Å². The summed E-state index contributed by atoms with van der Waals surface area (Å²) >= 11 is 0. The molecule has 0 aliphatic rings. The molecule has 2 heterocycles. The Labute approximate surface area is 146 Å². The van der Waals surface area contributed by atoms with E-state index >= 15 is 0 Å². The van der Waals surface area contributed by atoms with Crippen molar-refractivity contribution in [3.8, 4) is 0 Å². The van der Waals surface area contributed by atoms with E-state index in [-0.39, 0.29) is 0 Å². The summed E-state index contributed by atoms with van der Waals surface area (Å²) in [4.78, 5) is 14.1. The van der Waals surface area contributed by atoms with Gasteiger partial charge in [0.25, 0.3) is 0 Å². The highest BCUT2D eigenvalue weighted by Gasteiger charge is 2.10. The van der Waals surface area contributed by atoms with E-state index in [1.807, 2.05) is 42.6 Å². The molecule has 0 fully saturated rings. The monoisotopic (exact) mass is 331 g/mol. The average Bonchev–Trinajstić information content (AvgIpc) is 3.18. The number of para-hydroxylation sites is 4. The minimum atomic E-state index is 0.734. The molecule has 0 N–H and O–H groups in total. The van der Waals surface area contributed by atoms with Gasteiger partial charge in [-0.2, -0.15) is 0 Å². The van der Waals surface area contributed by atoms with Crippen LogP contribution in [0.1, 0.15) is 26.1 Å². The number of benzene rings is 2. The molecule has 0 saturated heterocycles. The van der Waals surface area contributed by atoms with E-state index in [9.17, 15) is 0 Å². The molecule has 25 heavy (non-hydrogen) atoms. The molecule has 0 unspecified atom stereocenters. The summed E-state index contributed by atoms with van der Waals surface area (Å²) in [5.41, 5.74) is 4.23. The Morgan fingerprint density at radius 1 is 0.880 bits per heavy atom. The highest BCUT2D eigenvalue weighted by Crippen LogP contribution is 2.22. The van der Waals surface area contributed by atoms with Gasteiger partial charge in [-0.05, 0) is 37.6 Å². The highest BCUT2D eigenvalue weighted by atomic mass is 15.2. The van der Waals surface area contributed by atoms with Crippen LogP contribution in [0.5, 0.6) is 0 Å². The number of imidazole rings is 2. The van der Waals surface area contributed by atoms with Gasteiger partial charge in [0.05, 0.1) is 28.3 Å². The standard InChI is InChI=1S/C20H21N5/c1-3-13-25-18-12-8-6-10-16(18)23-20(25)21-14-19-22-15-9-5-7-11-17(15)24(19)4-2/h5-12,14H,3-4,13H2,1-2H3. The molecule has 2 aromatic carbocycles. The van der Waals surface area contributed by atoms with Gasteiger partial charge in [0.2, 0.25) is 5.95 Å². The SMILES string of the molecule is CCCn1c(N=Cc2nc3ccccc3n2CC)nc2ccccc21. The molecule has 126 valence electrons. The van der Waals surface area contributed by atoms with Crippen molar-refractivity contribution < 1.29 is 0 Å². The molecule has 2 aromatic heterocycles. The molecule has 0 bridgehead atoms. The maximum atomic E-state index is 4.70. The summed E-state index contributed by atoms with van der Waals surface area (Å²) in [6.07, 6.45) is 2.87. The topological polar surface area (TPSA) is 48.0 Å². The maximum Gasteiger partial charge on any atom is 0.230 e. The second kappa shape index (κ2) is 6.51. The van der Waals surface area contributed by atoms with E-state index in [1.165, 1.54) is 0 Å². The number of aryl methyl sites for hydroxylation is 2. The number of aliphatic imine (C=N–C) groups is 1. The molecule has 0 saturated carbocycles. The van der Waals surface area contributed by atoms with Gasteiger partial charge in [0.15, 0.2) is 5.82 Å². The van der Waals surface area contributed by atoms with Crippen LogP contribution in [0.25, 0.3) is 22.1 Å². The zero-order chi connectivity index (χ0) is 17.2. The molecule has 5 nitrogen and oxygen atoms in total. The lowest BCUT2D eigenvalue weighted by atomic mass is 10.3. The van der Waals surface area contributed by atoms with Crippen LogP contribution in [0.2, 0.25) is 0 Å². The minimum Gasteiger partial charge on any atom is -0.323 e. The van der Waals surface area contributed by atoms with Gasteiger partial charge in [0.1, 0.15) is 0 Å². The van der Waals surface area contributed by atoms with Crippen molar-refractivity contribution in [2.45, 2.75) is 33.4 Å². The Kier molecular flexibility index (Phi) is 4.06. The summed E-state index contributed by atoms with van der Waals surface area (Å²) < 4.78 is 4.34. The predicted molar refractivity (Wildman–Crippen MR) is 103 cm³/mol. The Balaban J connectivity index is 1.80. The van der Waals surface area contributed by atoms with Gasteiger partial charge in [-0.1, -0.05) is 31.2 Å². The lowest BCUT2D eigenvalue weighted by molar-refractivity contribution is 0.700. The third kappa shape index (κ3) is 2.71. The number of hydrogen-bond acceptors (Lipinski definition) is 3. The maximum absolute atomic E-state index is 4.70. The van der Waals surface area contributed by atoms with Crippen LogP contribution in [0, 0.1) is 0 Å². The van der Waals surface area contributed by atoms with Crippen molar-refractivity contribution >= 4 is 34.2 Å². The zero-order valence-corrected chi connectivity index (χ0v) is 14.6. The molecule has 4 aromatic rings. The van der Waals surface area contributed by atoms with E-state index < -0.39 is 0 Å². The van der Waals surface area contributed by atoms with Crippen molar-refractivity contribution in [2.24, 2.45) is 4.99 Å². The molecule has 0 spiro atoms. The van der Waals surface area contributed by atoms with Crippen LogP contribution >= 0.6 is 0 Å². The van der Waals surface area contributed by atoms with E-state index in [1.54, 1.807) is 0 Å². The Hall–Kier alpha value is -2.95. The molecule has 0 aliphatic heterocycles.